The first-order chi connectivity index (χ1) is 11.0. The predicted octanol–water partition coefficient (Wildman–Crippen LogP) is 0.852. The van der Waals surface area contributed by atoms with Crippen molar-refractivity contribution in [2.24, 2.45) is 0 Å². The van der Waals surface area contributed by atoms with Crippen molar-refractivity contribution in [3.63, 3.8) is 0 Å². The summed E-state index contributed by atoms with van der Waals surface area (Å²) in [5.74, 6) is 1.70. The monoisotopic (exact) mass is 319 g/mol. The summed E-state index contributed by atoms with van der Waals surface area (Å²) in [6.07, 6.45) is 2.87. The normalized spacial score (nSPS) is 28.4. The van der Waals surface area contributed by atoms with Crippen molar-refractivity contribution in [3.8, 4) is 0 Å². The fourth-order valence-corrected chi connectivity index (χ4v) is 3.44. The summed E-state index contributed by atoms with van der Waals surface area (Å²) in [5, 5.41) is 6.91. The zero-order valence-corrected chi connectivity index (χ0v) is 13.4. The van der Waals surface area contributed by atoms with Gasteiger partial charge in [-0.05, 0) is 33.1 Å². The number of likely N-dealkylation sites (tertiary alicyclic amines) is 1. The first-order valence-corrected chi connectivity index (χ1v) is 8.19. The maximum Gasteiger partial charge on any atom is 0.325 e. The smallest absolute Gasteiger partial charge is 0.325 e. The number of nitrogens with one attached hydrogen (secondary N) is 1. The van der Waals surface area contributed by atoms with Gasteiger partial charge >= 0.3 is 6.03 Å². The van der Waals surface area contributed by atoms with E-state index in [-0.39, 0.29) is 18.0 Å². The van der Waals surface area contributed by atoms with Crippen LogP contribution in [-0.4, -0.2) is 56.5 Å². The lowest BCUT2D eigenvalue weighted by atomic mass is 9.99. The number of hydrogen-bond donors (Lipinski definition) is 1. The van der Waals surface area contributed by atoms with Gasteiger partial charge in [-0.3, -0.25) is 14.6 Å². The van der Waals surface area contributed by atoms with Crippen molar-refractivity contribution in [3.05, 3.63) is 11.7 Å². The minimum atomic E-state index is -0.787. The van der Waals surface area contributed by atoms with Crippen LogP contribution in [0, 0.1) is 0 Å². The fourth-order valence-electron chi connectivity index (χ4n) is 3.44. The Kier molecular flexibility index (Phi) is 3.19. The Balaban J connectivity index is 1.44. The van der Waals surface area contributed by atoms with Crippen molar-refractivity contribution in [1.29, 1.82) is 0 Å². The molecule has 1 aromatic rings. The van der Waals surface area contributed by atoms with Crippen LogP contribution in [0.15, 0.2) is 4.52 Å². The van der Waals surface area contributed by atoms with E-state index in [0.717, 1.165) is 25.3 Å². The maximum atomic E-state index is 12.6. The van der Waals surface area contributed by atoms with E-state index in [0.29, 0.717) is 31.3 Å². The number of rotatable bonds is 4. The van der Waals surface area contributed by atoms with Crippen LogP contribution in [0.3, 0.4) is 0 Å². The van der Waals surface area contributed by atoms with Crippen molar-refractivity contribution in [2.45, 2.75) is 57.2 Å². The van der Waals surface area contributed by atoms with E-state index >= 15 is 0 Å². The number of amides is 3. The Morgan fingerprint density at radius 2 is 2.17 bits per heavy atom. The molecule has 124 valence electrons. The number of hydrogen-bond acceptors (Lipinski definition) is 6. The van der Waals surface area contributed by atoms with E-state index in [2.05, 4.69) is 20.4 Å². The van der Waals surface area contributed by atoms with E-state index in [1.807, 2.05) is 13.8 Å². The average molecular weight is 319 g/mol. The molecule has 4 rings (SSSR count). The summed E-state index contributed by atoms with van der Waals surface area (Å²) < 4.78 is 5.27. The Bertz CT molecular complexity index is 653. The lowest BCUT2D eigenvalue weighted by Crippen LogP contribution is -2.49. The molecule has 1 N–H and O–H groups in total. The predicted molar refractivity (Wildman–Crippen MR) is 79.4 cm³/mol. The van der Waals surface area contributed by atoms with Gasteiger partial charge in [0.15, 0.2) is 5.82 Å². The molecule has 8 nitrogen and oxygen atoms in total. The molecule has 2 aliphatic heterocycles. The summed E-state index contributed by atoms with van der Waals surface area (Å²) in [7, 11) is 0. The molecule has 3 aliphatic rings. The summed E-state index contributed by atoms with van der Waals surface area (Å²) in [6, 6.07) is -0.420. The van der Waals surface area contributed by atoms with Crippen LogP contribution in [0.2, 0.25) is 0 Å². The van der Waals surface area contributed by atoms with Gasteiger partial charge < -0.3 is 9.84 Å². The summed E-state index contributed by atoms with van der Waals surface area (Å²) in [6.45, 7) is 5.46. The molecule has 1 spiro atoms. The molecule has 3 heterocycles. The number of carbonyl (C=O) groups excluding carboxylic acids is 2. The molecule has 1 saturated carbocycles. The second-order valence-corrected chi connectivity index (χ2v) is 7.06. The largest absolute Gasteiger partial charge is 0.339 e. The standard InChI is InChI=1S/C15H21N5O3/c1-9(2)20-13(21)15(17-14(20)22)5-6-19(8-15)7-11-16-12(23-18-11)10-3-4-10/h9-10H,3-8H2,1-2H3,(H,17,22)/t15-/m0/s1. The fraction of sp³-hybridized carbons (Fsp3) is 0.733. The Hall–Kier alpha value is -1.96. The molecule has 2 saturated heterocycles. The first kappa shape index (κ1) is 14.6. The highest BCUT2D eigenvalue weighted by Crippen LogP contribution is 2.39. The molecule has 8 heteroatoms. The van der Waals surface area contributed by atoms with Gasteiger partial charge in [0.2, 0.25) is 5.89 Å². The summed E-state index contributed by atoms with van der Waals surface area (Å²) in [4.78, 5) is 32.6. The van der Waals surface area contributed by atoms with Gasteiger partial charge in [-0.25, -0.2) is 4.79 Å². The number of urea groups is 1. The average Bonchev–Trinajstić information content (AvgIpc) is 3.02. The van der Waals surface area contributed by atoms with Crippen molar-refractivity contribution in [1.82, 2.24) is 25.3 Å². The molecule has 0 radical (unpaired) electrons. The first-order valence-electron chi connectivity index (χ1n) is 8.19. The highest BCUT2D eigenvalue weighted by Gasteiger charge is 2.55. The molecule has 3 fully saturated rings. The minimum absolute atomic E-state index is 0.119. The van der Waals surface area contributed by atoms with Crippen LogP contribution >= 0.6 is 0 Å². The van der Waals surface area contributed by atoms with E-state index in [1.54, 1.807) is 0 Å². The summed E-state index contributed by atoms with van der Waals surface area (Å²) >= 11 is 0. The zero-order chi connectivity index (χ0) is 16.2. The van der Waals surface area contributed by atoms with Crippen LogP contribution in [-0.2, 0) is 11.3 Å². The van der Waals surface area contributed by atoms with E-state index in [1.165, 1.54) is 4.90 Å². The Morgan fingerprint density at radius 3 is 2.83 bits per heavy atom. The third kappa shape index (κ3) is 2.41. The quantitative estimate of drug-likeness (QED) is 0.827. The molecule has 0 unspecified atom stereocenters. The SMILES string of the molecule is CC(C)N1C(=O)N[C@]2(CCN(Cc3noc(C4CC4)n3)C2)C1=O. The molecule has 0 bridgehead atoms. The van der Waals surface area contributed by atoms with E-state index in [4.69, 9.17) is 4.52 Å². The highest BCUT2D eigenvalue weighted by molar-refractivity contribution is 6.07. The zero-order valence-electron chi connectivity index (χ0n) is 13.4. The van der Waals surface area contributed by atoms with Crippen molar-refractivity contribution < 1.29 is 14.1 Å². The van der Waals surface area contributed by atoms with E-state index in [9.17, 15) is 9.59 Å². The van der Waals surface area contributed by atoms with Gasteiger partial charge in [0.05, 0.1) is 6.54 Å². The van der Waals surface area contributed by atoms with Crippen LogP contribution in [0.4, 0.5) is 4.79 Å². The second kappa shape index (κ2) is 5.02. The lowest BCUT2D eigenvalue weighted by molar-refractivity contribution is -0.132. The molecule has 23 heavy (non-hydrogen) atoms. The Labute approximate surface area is 134 Å². The van der Waals surface area contributed by atoms with Crippen molar-refractivity contribution >= 4 is 11.9 Å². The molecular formula is C15H21N5O3. The molecule has 1 aromatic heterocycles. The van der Waals surface area contributed by atoms with Crippen LogP contribution in [0.25, 0.3) is 0 Å². The number of imide groups is 1. The number of carbonyl (C=O) groups is 2. The molecule has 1 atom stereocenters. The molecular weight excluding hydrogens is 298 g/mol. The van der Waals surface area contributed by atoms with E-state index < -0.39 is 5.54 Å². The number of aromatic nitrogens is 2. The van der Waals surface area contributed by atoms with Gasteiger partial charge in [0, 0.05) is 25.0 Å². The van der Waals surface area contributed by atoms with Gasteiger partial charge in [-0.1, -0.05) is 5.16 Å². The highest BCUT2D eigenvalue weighted by atomic mass is 16.5. The lowest BCUT2D eigenvalue weighted by Gasteiger charge is -2.22. The maximum absolute atomic E-state index is 12.6. The molecule has 3 amide bonds. The number of nitrogens with zero attached hydrogens (tertiary/aromatic N) is 4. The van der Waals surface area contributed by atoms with Crippen LogP contribution in [0.5, 0.6) is 0 Å². The molecule has 1 aliphatic carbocycles. The third-order valence-electron chi connectivity index (χ3n) is 4.83. The molecule has 0 aromatic carbocycles. The van der Waals surface area contributed by atoms with Gasteiger partial charge in [0.1, 0.15) is 5.54 Å². The topological polar surface area (TPSA) is 91.6 Å². The van der Waals surface area contributed by atoms with Gasteiger partial charge in [-0.2, -0.15) is 4.98 Å². The summed E-state index contributed by atoms with van der Waals surface area (Å²) in [5.41, 5.74) is -0.787. The Morgan fingerprint density at radius 1 is 1.39 bits per heavy atom. The van der Waals surface area contributed by atoms with Crippen molar-refractivity contribution in [2.75, 3.05) is 13.1 Å². The second-order valence-electron chi connectivity index (χ2n) is 7.06. The van der Waals surface area contributed by atoms with Gasteiger partial charge in [-0.15, -0.1) is 0 Å². The minimum Gasteiger partial charge on any atom is -0.339 e. The van der Waals surface area contributed by atoms with Crippen LogP contribution in [0.1, 0.15) is 50.7 Å². The third-order valence-corrected chi connectivity index (χ3v) is 4.83. The van der Waals surface area contributed by atoms with Gasteiger partial charge in [0.25, 0.3) is 5.91 Å². The van der Waals surface area contributed by atoms with Crippen LogP contribution < -0.4 is 5.32 Å².